The standard InChI is InChI=1S/C27H19N2O14S4/c30-26-20-9-8-19(44(31,32)33)11-17(20)12-24(46(37,38)39)25(26)29-28-22-10-7-18(13-23(22)45(34,35)36)43-14-16-6-5-15-3-1-2-4-21(15)27(16)47(40,41)42/h1-8,10-13,30H,14H2,(H,31,32,33)(H,34,35,36)(H,37,38,39)(H,40,41,42). The molecule has 0 bridgehead atoms. The van der Waals surface area contributed by atoms with Crippen LogP contribution in [0, 0.1) is 6.07 Å². The number of phenols is 1. The summed E-state index contributed by atoms with van der Waals surface area (Å²) in [6.07, 6.45) is 0. The van der Waals surface area contributed by atoms with Crippen LogP contribution in [0.4, 0.5) is 11.4 Å². The quantitative estimate of drug-likeness (QED) is 0.104. The van der Waals surface area contributed by atoms with E-state index in [0.717, 1.165) is 30.3 Å². The predicted molar refractivity (Wildman–Crippen MR) is 163 cm³/mol. The summed E-state index contributed by atoms with van der Waals surface area (Å²) in [5.41, 5.74) is -1.53. The van der Waals surface area contributed by atoms with Gasteiger partial charge in [-0.15, -0.1) is 10.2 Å². The van der Waals surface area contributed by atoms with Gasteiger partial charge in [0.2, 0.25) is 0 Å². The third-order valence-corrected chi connectivity index (χ3v) is 10.2. The Kier molecular flexibility index (Phi) is 8.57. The van der Waals surface area contributed by atoms with Crippen molar-refractivity contribution in [2.75, 3.05) is 0 Å². The third-order valence-electron chi connectivity index (χ3n) is 6.58. The average Bonchev–Trinajstić information content (AvgIpc) is 2.97. The van der Waals surface area contributed by atoms with Crippen molar-refractivity contribution >= 4 is 73.4 Å². The van der Waals surface area contributed by atoms with E-state index < -0.39 is 83.8 Å². The van der Waals surface area contributed by atoms with Gasteiger partial charge in [-0.3, -0.25) is 18.2 Å². The van der Waals surface area contributed by atoms with Crippen molar-refractivity contribution in [3.05, 3.63) is 84.4 Å². The largest absolute Gasteiger partial charge is 0.505 e. The minimum absolute atomic E-state index is 0.00778. The summed E-state index contributed by atoms with van der Waals surface area (Å²) >= 11 is 0. The maximum absolute atomic E-state index is 12.2. The van der Waals surface area contributed by atoms with E-state index in [4.69, 9.17) is 4.74 Å². The van der Waals surface area contributed by atoms with Crippen molar-refractivity contribution in [2.45, 2.75) is 26.2 Å². The lowest BCUT2D eigenvalue weighted by Gasteiger charge is -2.13. The number of hydrogen-bond acceptors (Lipinski definition) is 12. The SMILES string of the molecule is O=S(=O)(O)c1c[c]c2c(O)c(N=Nc3ccc(OCc4ccc5ccccc5c4S(=O)(=O)O)cc3S(=O)(=O)O)c(S(=O)(=O)O)cc2c1. The van der Waals surface area contributed by atoms with Crippen LogP contribution in [0.25, 0.3) is 21.5 Å². The Morgan fingerprint density at radius 2 is 1.36 bits per heavy atom. The maximum Gasteiger partial charge on any atom is 0.296 e. The Morgan fingerprint density at radius 1 is 0.681 bits per heavy atom. The van der Waals surface area contributed by atoms with Gasteiger partial charge < -0.3 is 9.84 Å². The molecular formula is C27H19N2O14S4. The first-order chi connectivity index (χ1) is 21.7. The summed E-state index contributed by atoms with van der Waals surface area (Å²) in [7, 11) is -19.8. The van der Waals surface area contributed by atoms with Crippen molar-refractivity contribution in [2.24, 2.45) is 10.2 Å². The second kappa shape index (κ2) is 11.9. The zero-order valence-corrected chi connectivity index (χ0v) is 26.3. The van der Waals surface area contributed by atoms with Crippen LogP contribution >= 0.6 is 0 Å². The number of rotatable bonds is 9. The van der Waals surface area contributed by atoms with E-state index in [1.54, 1.807) is 24.3 Å². The van der Waals surface area contributed by atoms with Crippen molar-refractivity contribution in [1.82, 2.24) is 0 Å². The molecule has 0 aromatic heterocycles. The van der Waals surface area contributed by atoms with E-state index in [0.29, 0.717) is 11.5 Å². The molecular weight excluding hydrogens is 705 g/mol. The molecule has 20 heteroatoms. The predicted octanol–water partition coefficient (Wildman–Crippen LogP) is 4.48. The maximum atomic E-state index is 12.2. The highest BCUT2D eigenvalue weighted by atomic mass is 32.2. The first-order valence-electron chi connectivity index (χ1n) is 12.6. The van der Waals surface area contributed by atoms with Gasteiger partial charge in [0, 0.05) is 22.4 Å². The Bertz CT molecular complexity index is 2590. The summed E-state index contributed by atoms with van der Waals surface area (Å²) in [4.78, 5) is -3.17. The average molecular weight is 724 g/mol. The number of aromatic hydroxyl groups is 1. The molecule has 16 nitrogen and oxygen atoms in total. The Labute approximate surface area is 266 Å². The van der Waals surface area contributed by atoms with Gasteiger partial charge in [0.25, 0.3) is 40.5 Å². The third kappa shape index (κ3) is 7.08. The zero-order valence-electron chi connectivity index (χ0n) is 23.1. The van der Waals surface area contributed by atoms with Crippen LogP contribution in [0.2, 0.25) is 0 Å². The van der Waals surface area contributed by atoms with Gasteiger partial charge in [-0.1, -0.05) is 36.4 Å². The molecule has 0 saturated heterocycles. The summed E-state index contributed by atoms with van der Waals surface area (Å²) < 4.78 is 140. The molecule has 5 aromatic carbocycles. The molecule has 0 amide bonds. The molecule has 0 aliphatic heterocycles. The number of nitrogens with zero attached hydrogens (tertiary/aromatic N) is 2. The van der Waals surface area contributed by atoms with Crippen LogP contribution in [-0.2, 0) is 47.1 Å². The van der Waals surface area contributed by atoms with Gasteiger partial charge in [-0.25, -0.2) is 0 Å². The molecule has 5 aromatic rings. The zero-order chi connectivity index (χ0) is 34.5. The number of ether oxygens (including phenoxy) is 1. The summed E-state index contributed by atoms with van der Waals surface area (Å²) in [5, 5.41) is 18.0. The van der Waals surface area contributed by atoms with Crippen LogP contribution in [-0.4, -0.2) is 57.0 Å². The molecule has 5 rings (SSSR count). The Morgan fingerprint density at radius 3 is 2.00 bits per heavy atom. The van der Waals surface area contributed by atoms with E-state index in [9.17, 15) is 57.0 Å². The van der Waals surface area contributed by atoms with Gasteiger partial charge in [-0.05, 0) is 47.2 Å². The monoisotopic (exact) mass is 723 g/mol. The smallest absolute Gasteiger partial charge is 0.296 e. The Balaban J connectivity index is 1.55. The van der Waals surface area contributed by atoms with Crippen LogP contribution in [0.3, 0.4) is 0 Å². The number of hydrogen-bond donors (Lipinski definition) is 5. The summed E-state index contributed by atoms with van der Waals surface area (Å²) in [5.74, 6) is -1.22. The van der Waals surface area contributed by atoms with E-state index in [2.05, 4.69) is 16.3 Å². The lowest BCUT2D eigenvalue weighted by Crippen LogP contribution is -2.07. The first kappa shape index (κ1) is 33.8. The molecule has 0 aliphatic carbocycles. The highest BCUT2D eigenvalue weighted by molar-refractivity contribution is 7.86. The van der Waals surface area contributed by atoms with Gasteiger partial charge in [0.15, 0.2) is 5.75 Å². The molecule has 5 N–H and O–H groups in total. The van der Waals surface area contributed by atoms with Crippen LogP contribution in [0.15, 0.2) is 103 Å². The van der Waals surface area contributed by atoms with E-state index in [-0.39, 0.29) is 27.5 Å². The minimum Gasteiger partial charge on any atom is -0.505 e. The fourth-order valence-electron chi connectivity index (χ4n) is 4.54. The van der Waals surface area contributed by atoms with E-state index in [1.165, 1.54) is 12.1 Å². The number of benzene rings is 5. The fourth-order valence-corrected chi connectivity index (χ4v) is 7.25. The molecule has 0 spiro atoms. The molecule has 0 heterocycles. The van der Waals surface area contributed by atoms with Gasteiger partial charge in [0.05, 0.1) is 4.90 Å². The number of fused-ring (bicyclic) bond motifs is 2. The van der Waals surface area contributed by atoms with Crippen LogP contribution in [0.1, 0.15) is 5.56 Å². The van der Waals surface area contributed by atoms with Gasteiger partial charge in [-0.2, -0.15) is 33.7 Å². The topological polar surface area (TPSA) is 272 Å². The van der Waals surface area contributed by atoms with Gasteiger partial charge >= 0.3 is 0 Å². The molecule has 1 radical (unpaired) electrons. The second-order valence-electron chi connectivity index (χ2n) is 9.66. The molecule has 0 saturated carbocycles. The van der Waals surface area contributed by atoms with Crippen LogP contribution < -0.4 is 4.74 Å². The highest BCUT2D eigenvalue weighted by Crippen LogP contribution is 2.42. The second-order valence-corrected chi connectivity index (χ2v) is 15.2. The molecule has 0 atom stereocenters. The Hall–Kier alpha value is -4.54. The highest BCUT2D eigenvalue weighted by Gasteiger charge is 2.25. The molecule has 0 unspecified atom stereocenters. The molecule has 245 valence electrons. The van der Waals surface area contributed by atoms with Crippen molar-refractivity contribution in [3.8, 4) is 11.5 Å². The van der Waals surface area contributed by atoms with E-state index in [1.807, 2.05) is 0 Å². The van der Waals surface area contributed by atoms with Crippen LogP contribution in [0.5, 0.6) is 11.5 Å². The number of phenolic OH excluding ortho intramolecular Hbond substituents is 1. The normalized spacial score (nSPS) is 13.0. The number of azo groups is 1. The minimum atomic E-state index is -5.19. The molecule has 0 aliphatic rings. The molecule has 47 heavy (non-hydrogen) atoms. The van der Waals surface area contributed by atoms with Crippen molar-refractivity contribution in [1.29, 1.82) is 0 Å². The lowest BCUT2D eigenvalue weighted by atomic mass is 10.1. The summed E-state index contributed by atoms with van der Waals surface area (Å²) in [6, 6.07) is 16.7. The molecule has 0 fully saturated rings. The van der Waals surface area contributed by atoms with Gasteiger partial charge in [0.1, 0.15) is 38.4 Å². The lowest BCUT2D eigenvalue weighted by molar-refractivity contribution is 0.302. The first-order valence-corrected chi connectivity index (χ1v) is 18.3. The van der Waals surface area contributed by atoms with Crippen molar-refractivity contribution in [3.63, 3.8) is 0 Å². The van der Waals surface area contributed by atoms with E-state index >= 15 is 0 Å². The van der Waals surface area contributed by atoms with Crippen molar-refractivity contribution < 1.29 is 61.7 Å². The summed E-state index contributed by atoms with van der Waals surface area (Å²) in [6.45, 7) is -0.496. The fraction of sp³-hybridized carbons (Fsp3) is 0.0370.